The number of pyridine rings is 2. The van der Waals surface area contributed by atoms with Crippen molar-refractivity contribution in [2.75, 3.05) is 38.2 Å². The Balaban J connectivity index is 1.48. The minimum atomic E-state index is -0.00354. The quantitative estimate of drug-likeness (QED) is 0.728. The maximum atomic E-state index is 13.0. The Kier molecular flexibility index (Phi) is 4.39. The molecule has 0 aliphatic carbocycles. The van der Waals surface area contributed by atoms with Gasteiger partial charge in [0.1, 0.15) is 5.75 Å². The number of carbonyl (C=O) groups excluding carboxylic acids is 1. The van der Waals surface area contributed by atoms with Gasteiger partial charge in [-0.3, -0.25) is 14.8 Å². The Bertz CT molecular complexity index is 913. The van der Waals surface area contributed by atoms with Crippen LogP contribution in [-0.4, -0.2) is 54.1 Å². The van der Waals surface area contributed by atoms with Gasteiger partial charge in [-0.05, 0) is 36.4 Å². The fraction of sp³-hybridized carbons (Fsp3) is 0.250. The highest BCUT2D eigenvalue weighted by molar-refractivity contribution is 6.04. The Morgan fingerprint density at radius 3 is 2.54 bits per heavy atom. The molecule has 3 heterocycles. The van der Waals surface area contributed by atoms with Crippen molar-refractivity contribution in [3.05, 3.63) is 60.6 Å². The first-order chi connectivity index (χ1) is 12.8. The van der Waals surface area contributed by atoms with Gasteiger partial charge in [0, 0.05) is 55.8 Å². The Hall–Kier alpha value is -3.15. The molecule has 0 radical (unpaired) electrons. The average molecular weight is 348 g/mol. The predicted molar refractivity (Wildman–Crippen MR) is 101 cm³/mol. The van der Waals surface area contributed by atoms with E-state index >= 15 is 0 Å². The zero-order valence-electron chi connectivity index (χ0n) is 14.6. The van der Waals surface area contributed by atoms with Gasteiger partial charge in [0.2, 0.25) is 0 Å². The fourth-order valence-corrected chi connectivity index (χ4v) is 3.29. The van der Waals surface area contributed by atoms with Gasteiger partial charge in [0.15, 0.2) is 0 Å². The first-order valence-electron chi connectivity index (χ1n) is 8.63. The number of amides is 1. The average Bonchev–Trinajstić information content (AvgIpc) is 2.73. The molecule has 26 heavy (non-hydrogen) atoms. The van der Waals surface area contributed by atoms with Crippen molar-refractivity contribution in [3.8, 4) is 5.75 Å². The maximum absolute atomic E-state index is 13.0. The lowest BCUT2D eigenvalue weighted by atomic mass is 10.1. The summed E-state index contributed by atoms with van der Waals surface area (Å²) in [5.74, 6) is 0.842. The number of anilines is 1. The monoisotopic (exact) mass is 348 g/mol. The van der Waals surface area contributed by atoms with Crippen LogP contribution in [0.5, 0.6) is 5.75 Å². The largest absolute Gasteiger partial charge is 0.497 e. The molecule has 1 amide bonds. The van der Waals surface area contributed by atoms with E-state index in [1.54, 1.807) is 25.7 Å². The minimum absolute atomic E-state index is 0.00354. The summed E-state index contributed by atoms with van der Waals surface area (Å²) in [5, 5.41) is 0.884. The zero-order chi connectivity index (χ0) is 17.9. The summed E-state index contributed by atoms with van der Waals surface area (Å²) in [7, 11) is 1.66. The Morgan fingerprint density at radius 1 is 1.04 bits per heavy atom. The van der Waals surface area contributed by atoms with Crippen molar-refractivity contribution < 1.29 is 9.53 Å². The normalized spacial score (nSPS) is 14.5. The predicted octanol–water partition coefficient (Wildman–Crippen LogP) is 2.60. The van der Waals surface area contributed by atoms with Crippen LogP contribution in [-0.2, 0) is 0 Å². The molecule has 0 atom stereocenters. The molecule has 1 aliphatic heterocycles. The molecule has 0 bridgehead atoms. The summed E-state index contributed by atoms with van der Waals surface area (Å²) in [6, 6.07) is 11.8. The number of carbonyl (C=O) groups is 1. The van der Waals surface area contributed by atoms with Crippen LogP contribution < -0.4 is 9.64 Å². The van der Waals surface area contributed by atoms with E-state index in [2.05, 4.69) is 27.0 Å². The number of hydrogen-bond donors (Lipinski definition) is 0. The van der Waals surface area contributed by atoms with E-state index in [4.69, 9.17) is 4.74 Å². The van der Waals surface area contributed by atoms with Crippen LogP contribution in [0.3, 0.4) is 0 Å². The second-order valence-corrected chi connectivity index (χ2v) is 6.24. The first-order valence-corrected chi connectivity index (χ1v) is 8.63. The lowest BCUT2D eigenvalue weighted by Gasteiger charge is -2.36. The molecule has 1 fully saturated rings. The fourth-order valence-electron chi connectivity index (χ4n) is 3.29. The molecule has 3 aromatic rings. The molecule has 1 saturated heterocycles. The van der Waals surface area contributed by atoms with E-state index in [1.807, 2.05) is 29.2 Å². The van der Waals surface area contributed by atoms with Crippen LogP contribution in [0.15, 0.2) is 55.0 Å². The SMILES string of the molecule is COc1ccc(N2CCN(C(=O)c3cncc4cccnc34)CC2)cc1. The molecule has 0 unspecified atom stereocenters. The van der Waals surface area contributed by atoms with Crippen molar-refractivity contribution in [1.29, 1.82) is 0 Å². The molecule has 1 aliphatic rings. The highest BCUT2D eigenvalue weighted by atomic mass is 16.5. The number of benzene rings is 1. The molecule has 1 aromatic carbocycles. The summed E-state index contributed by atoms with van der Waals surface area (Å²) in [6.07, 6.45) is 5.06. The Morgan fingerprint density at radius 2 is 1.81 bits per heavy atom. The number of piperazine rings is 1. The molecule has 6 nitrogen and oxygen atoms in total. The molecule has 6 heteroatoms. The molecular formula is C20H20N4O2. The molecular weight excluding hydrogens is 328 g/mol. The zero-order valence-corrected chi connectivity index (χ0v) is 14.6. The van der Waals surface area contributed by atoms with Crippen LogP contribution in [0, 0.1) is 0 Å². The van der Waals surface area contributed by atoms with Crippen molar-refractivity contribution in [2.45, 2.75) is 0 Å². The molecule has 0 spiro atoms. The summed E-state index contributed by atoms with van der Waals surface area (Å²) in [5.41, 5.74) is 2.43. The summed E-state index contributed by atoms with van der Waals surface area (Å²) >= 11 is 0. The van der Waals surface area contributed by atoms with E-state index in [0.29, 0.717) is 24.2 Å². The van der Waals surface area contributed by atoms with Gasteiger partial charge in [0.05, 0.1) is 18.2 Å². The third-order valence-electron chi connectivity index (χ3n) is 4.75. The summed E-state index contributed by atoms with van der Waals surface area (Å²) < 4.78 is 5.21. The van der Waals surface area contributed by atoms with Crippen molar-refractivity contribution in [3.63, 3.8) is 0 Å². The summed E-state index contributed by atoms with van der Waals surface area (Å²) in [6.45, 7) is 2.94. The number of aromatic nitrogens is 2. The van der Waals surface area contributed by atoms with Crippen LogP contribution in [0.2, 0.25) is 0 Å². The lowest BCUT2D eigenvalue weighted by Crippen LogP contribution is -2.48. The maximum Gasteiger partial charge on any atom is 0.257 e. The van der Waals surface area contributed by atoms with Gasteiger partial charge < -0.3 is 14.5 Å². The molecule has 2 aromatic heterocycles. The number of methoxy groups -OCH3 is 1. The number of rotatable bonds is 3. The van der Waals surface area contributed by atoms with E-state index in [9.17, 15) is 4.79 Å². The molecule has 0 saturated carbocycles. The first kappa shape index (κ1) is 16.3. The van der Waals surface area contributed by atoms with E-state index in [1.165, 1.54) is 0 Å². The third kappa shape index (κ3) is 3.06. The minimum Gasteiger partial charge on any atom is -0.497 e. The van der Waals surface area contributed by atoms with Gasteiger partial charge >= 0.3 is 0 Å². The highest BCUT2D eigenvalue weighted by Gasteiger charge is 2.24. The Labute approximate surface area is 152 Å². The number of fused-ring (bicyclic) bond motifs is 1. The van der Waals surface area contributed by atoms with Crippen molar-refractivity contribution >= 4 is 22.5 Å². The summed E-state index contributed by atoms with van der Waals surface area (Å²) in [4.78, 5) is 25.7. The molecule has 132 valence electrons. The molecule has 4 rings (SSSR count). The standard InChI is InChI=1S/C20H20N4O2/c1-26-17-6-4-16(5-7-17)23-9-11-24(12-10-23)20(25)18-14-21-13-15-3-2-8-22-19(15)18/h2-8,13-14H,9-12H2,1H3. The number of hydrogen-bond acceptors (Lipinski definition) is 5. The van der Waals surface area contributed by atoms with E-state index < -0.39 is 0 Å². The van der Waals surface area contributed by atoms with Gasteiger partial charge in [-0.2, -0.15) is 0 Å². The van der Waals surface area contributed by atoms with Crippen LogP contribution in [0.1, 0.15) is 10.4 Å². The molecule has 0 N–H and O–H groups in total. The highest BCUT2D eigenvalue weighted by Crippen LogP contribution is 2.22. The second-order valence-electron chi connectivity index (χ2n) is 6.24. The lowest BCUT2D eigenvalue weighted by molar-refractivity contribution is 0.0748. The van der Waals surface area contributed by atoms with Crippen molar-refractivity contribution in [1.82, 2.24) is 14.9 Å². The van der Waals surface area contributed by atoms with Gasteiger partial charge in [0.25, 0.3) is 5.91 Å². The van der Waals surface area contributed by atoms with Gasteiger partial charge in [-0.15, -0.1) is 0 Å². The smallest absolute Gasteiger partial charge is 0.257 e. The number of nitrogens with zero attached hydrogens (tertiary/aromatic N) is 4. The van der Waals surface area contributed by atoms with Crippen LogP contribution in [0.25, 0.3) is 10.9 Å². The van der Waals surface area contributed by atoms with E-state index in [0.717, 1.165) is 29.9 Å². The van der Waals surface area contributed by atoms with Crippen LogP contribution >= 0.6 is 0 Å². The topological polar surface area (TPSA) is 58.6 Å². The van der Waals surface area contributed by atoms with Crippen LogP contribution in [0.4, 0.5) is 5.69 Å². The third-order valence-corrected chi connectivity index (χ3v) is 4.75. The number of ether oxygens (including phenoxy) is 1. The van der Waals surface area contributed by atoms with Crippen molar-refractivity contribution in [2.24, 2.45) is 0 Å². The van der Waals surface area contributed by atoms with Gasteiger partial charge in [-0.1, -0.05) is 0 Å². The van der Waals surface area contributed by atoms with Gasteiger partial charge in [-0.25, -0.2) is 0 Å². The van der Waals surface area contributed by atoms with E-state index in [-0.39, 0.29) is 5.91 Å². The second kappa shape index (κ2) is 7.00.